The number of rotatable bonds is 5. The molecule has 5 nitrogen and oxygen atoms in total. The van der Waals surface area contributed by atoms with Gasteiger partial charge in [-0.05, 0) is 37.8 Å². The molecule has 2 heterocycles. The SMILES string of the molecule is Cc1nc2ccccc2n1CCNC1CCCC1C1COCCN1.Cl. The molecule has 0 amide bonds. The van der Waals surface area contributed by atoms with Gasteiger partial charge in [0.25, 0.3) is 0 Å². The largest absolute Gasteiger partial charge is 0.379 e. The second kappa shape index (κ2) is 8.49. The van der Waals surface area contributed by atoms with Gasteiger partial charge in [0.2, 0.25) is 0 Å². The van der Waals surface area contributed by atoms with Crippen molar-refractivity contribution in [3.8, 4) is 0 Å². The molecule has 1 saturated heterocycles. The number of morpholine rings is 1. The normalized spacial score (nSPS) is 26.7. The maximum absolute atomic E-state index is 5.67. The molecular formula is C19H29ClN4O. The zero-order valence-electron chi connectivity index (χ0n) is 14.9. The lowest BCUT2D eigenvalue weighted by Gasteiger charge is -2.33. The Bertz CT molecular complexity index is 683. The van der Waals surface area contributed by atoms with Gasteiger partial charge in [0.15, 0.2) is 0 Å². The molecular weight excluding hydrogens is 336 g/mol. The number of hydrogen-bond donors (Lipinski definition) is 2. The van der Waals surface area contributed by atoms with Crippen molar-refractivity contribution in [2.75, 3.05) is 26.3 Å². The van der Waals surface area contributed by atoms with Crippen LogP contribution >= 0.6 is 12.4 Å². The Morgan fingerprint density at radius 2 is 2.20 bits per heavy atom. The van der Waals surface area contributed by atoms with E-state index in [2.05, 4.69) is 51.4 Å². The number of halogens is 1. The first-order valence-corrected chi connectivity index (χ1v) is 9.29. The minimum absolute atomic E-state index is 0. The van der Waals surface area contributed by atoms with E-state index in [0.29, 0.717) is 18.0 Å². The zero-order chi connectivity index (χ0) is 16.4. The molecule has 0 bridgehead atoms. The number of aromatic nitrogens is 2. The van der Waals surface area contributed by atoms with E-state index in [1.807, 2.05) is 0 Å². The third kappa shape index (κ3) is 4.00. The quantitative estimate of drug-likeness (QED) is 0.856. The van der Waals surface area contributed by atoms with Gasteiger partial charge in [-0.2, -0.15) is 0 Å². The van der Waals surface area contributed by atoms with Crippen LogP contribution in [0.15, 0.2) is 24.3 Å². The summed E-state index contributed by atoms with van der Waals surface area (Å²) in [5.74, 6) is 1.80. The van der Waals surface area contributed by atoms with E-state index in [0.717, 1.165) is 44.2 Å². The standard InChI is InChI=1S/C19H28N4O.ClH/c1-14-22-17-6-2-3-8-19(17)23(14)11-9-20-16-7-4-5-15(16)18-13-24-12-10-21-18;/h2-3,6,8,15-16,18,20-21H,4-5,7,9-13H2,1H3;1H. The average molecular weight is 365 g/mol. The van der Waals surface area contributed by atoms with Gasteiger partial charge in [0.05, 0.1) is 24.2 Å². The van der Waals surface area contributed by atoms with Gasteiger partial charge in [-0.25, -0.2) is 4.98 Å². The van der Waals surface area contributed by atoms with Crippen molar-refractivity contribution in [2.24, 2.45) is 5.92 Å². The smallest absolute Gasteiger partial charge is 0.106 e. The van der Waals surface area contributed by atoms with Gasteiger partial charge >= 0.3 is 0 Å². The van der Waals surface area contributed by atoms with Crippen molar-refractivity contribution >= 4 is 23.4 Å². The number of ether oxygens (including phenoxy) is 1. The fourth-order valence-corrected chi connectivity index (χ4v) is 4.42. The number of para-hydroxylation sites is 2. The van der Waals surface area contributed by atoms with Crippen molar-refractivity contribution in [3.63, 3.8) is 0 Å². The number of nitrogens with one attached hydrogen (secondary N) is 2. The van der Waals surface area contributed by atoms with Crippen molar-refractivity contribution in [3.05, 3.63) is 30.1 Å². The lowest BCUT2D eigenvalue weighted by atomic mass is 9.94. The summed E-state index contributed by atoms with van der Waals surface area (Å²) >= 11 is 0. The Morgan fingerprint density at radius 1 is 1.32 bits per heavy atom. The van der Waals surface area contributed by atoms with Crippen LogP contribution < -0.4 is 10.6 Å². The molecule has 1 saturated carbocycles. The van der Waals surface area contributed by atoms with Gasteiger partial charge in [0.1, 0.15) is 5.82 Å². The highest BCUT2D eigenvalue weighted by Gasteiger charge is 2.34. The molecule has 3 atom stereocenters. The number of fused-ring (bicyclic) bond motifs is 1. The molecule has 1 aromatic carbocycles. The van der Waals surface area contributed by atoms with E-state index < -0.39 is 0 Å². The van der Waals surface area contributed by atoms with E-state index in [9.17, 15) is 0 Å². The predicted octanol–water partition coefficient (Wildman–Crippen LogP) is 2.51. The highest BCUT2D eigenvalue weighted by atomic mass is 35.5. The van der Waals surface area contributed by atoms with Crippen LogP contribution in [0.3, 0.4) is 0 Å². The maximum atomic E-state index is 5.67. The molecule has 2 aliphatic rings. The molecule has 2 aromatic rings. The number of nitrogens with zero attached hydrogens (tertiary/aromatic N) is 2. The summed E-state index contributed by atoms with van der Waals surface area (Å²) in [5, 5.41) is 7.46. The molecule has 138 valence electrons. The molecule has 0 spiro atoms. The summed E-state index contributed by atoms with van der Waals surface area (Å²) < 4.78 is 8.00. The minimum atomic E-state index is 0. The van der Waals surface area contributed by atoms with Crippen molar-refractivity contribution in [1.82, 2.24) is 20.2 Å². The summed E-state index contributed by atoms with van der Waals surface area (Å²) in [7, 11) is 0. The van der Waals surface area contributed by atoms with E-state index in [4.69, 9.17) is 4.74 Å². The Hall–Kier alpha value is -1.14. The summed E-state index contributed by atoms with van der Waals surface area (Å²) in [5.41, 5.74) is 2.33. The Kier molecular flexibility index (Phi) is 6.34. The van der Waals surface area contributed by atoms with Gasteiger partial charge < -0.3 is 19.9 Å². The second-order valence-electron chi connectivity index (χ2n) is 7.09. The highest BCUT2D eigenvalue weighted by Crippen LogP contribution is 2.29. The van der Waals surface area contributed by atoms with Crippen LogP contribution in [-0.4, -0.2) is 47.9 Å². The molecule has 1 aliphatic carbocycles. The first-order valence-electron chi connectivity index (χ1n) is 9.29. The fraction of sp³-hybridized carbons (Fsp3) is 0.632. The molecule has 2 N–H and O–H groups in total. The van der Waals surface area contributed by atoms with Gasteiger partial charge in [-0.3, -0.25) is 0 Å². The maximum Gasteiger partial charge on any atom is 0.106 e. The fourth-order valence-electron chi connectivity index (χ4n) is 4.42. The lowest BCUT2D eigenvalue weighted by Crippen LogP contribution is -2.51. The molecule has 4 rings (SSSR count). The topological polar surface area (TPSA) is 51.1 Å². The summed E-state index contributed by atoms with van der Waals surface area (Å²) in [6, 6.07) is 9.54. The number of benzene rings is 1. The lowest BCUT2D eigenvalue weighted by molar-refractivity contribution is 0.0525. The van der Waals surface area contributed by atoms with Gasteiger partial charge in [-0.15, -0.1) is 12.4 Å². The first kappa shape index (κ1) is 18.6. The van der Waals surface area contributed by atoms with Crippen molar-refractivity contribution in [1.29, 1.82) is 0 Å². The summed E-state index contributed by atoms with van der Waals surface area (Å²) in [6.07, 6.45) is 3.92. The van der Waals surface area contributed by atoms with Crippen LogP contribution in [0.2, 0.25) is 0 Å². The molecule has 0 radical (unpaired) electrons. The van der Waals surface area contributed by atoms with E-state index in [1.165, 1.54) is 24.8 Å². The number of imidazole rings is 1. The molecule has 1 aliphatic heterocycles. The Balaban J connectivity index is 0.00000182. The van der Waals surface area contributed by atoms with Crippen LogP contribution in [0, 0.1) is 12.8 Å². The van der Waals surface area contributed by atoms with Crippen LogP contribution in [-0.2, 0) is 11.3 Å². The molecule has 2 fully saturated rings. The second-order valence-corrected chi connectivity index (χ2v) is 7.09. The molecule has 25 heavy (non-hydrogen) atoms. The van der Waals surface area contributed by atoms with Crippen molar-refractivity contribution < 1.29 is 4.74 Å². The number of aryl methyl sites for hydroxylation is 1. The monoisotopic (exact) mass is 364 g/mol. The van der Waals surface area contributed by atoms with Crippen LogP contribution in [0.4, 0.5) is 0 Å². The molecule has 3 unspecified atom stereocenters. The molecule has 6 heteroatoms. The zero-order valence-corrected chi connectivity index (χ0v) is 15.7. The summed E-state index contributed by atoms with van der Waals surface area (Å²) in [4.78, 5) is 4.66. The van der Waals surface area contributed by atoms with E-state index in [1.54, 1.807) is 0 Å². The van der Waals surface area contributed by atoms with Gasteiger partial charge in [-0.1, -0.05) is 18.6 Å². The van der Waals surface area contributed by atoms with Crippen LogP contribution in [0.5, 0.6) is 0 Å². The minimum Gasteiger partial charge on any atom is -0.379 e. The predicted molar refractivity (Wildman–Crippen MR) is 103 cm³/mol. The van der Waals surface area contributed by atoms with E-state index in [-0.39, 0.29) is 12.4 Å². The van der Waals surface area contributed by atoms with Crippen LogP contribution in [0.25, 0.3) is 11.0 Å². The first-order chi connectivity index (χ1) is 11.8. The third-order valence-corrected chi connectivity index (χ3v) is 5.62. The van der Waals surface area contributed by atoms with Gasteiger partial charge in [0, 0.05) is 31.7 Å². The third-order valence-electron chi connectivity index (χ3n) is 5.62. The molecule has 1 aromatic heterocycles. The Morgan fingerprint density at radius 3 is 3.04 bits per heavy atom. The number of hydrogen-bond acceptors (Lipinski definition) is 4. The van der Waals surface area contributed by atoms with Crippen LogP contribution in [0.1, 0.15) is 25.1 Å². The highest BCUT2D eigenvalue weighted by molar-refractivity contribution is 5.85. The Labute approximate surface area is 155 Å². The van der Waals surface area contributed by atoms with E-state index >= 15 is 0 Å². The summed E-state index contributed by atoms with van der Waals surface area (Å²) in [6.45, 7) is 6.79. The average Bonchev–Trinajstić information content (AvgIpc) is 3.20. The van der Waals surface area contributed by atoms with Crippen molar-refractivity contribution in [2.45, 2.75) is 44.8 Å².